The summed E-state index contributed by atoms with van der Waals surface area (Å²) in [4.78, 5) is 18.1. The van der Waals surface area contributed by atoms with Crippen LogP contribution < -0.4 is 15.4 Å². The number of alkyl halides is 3. The highest BCUT2D eigenvalue weighted by atomic mass is 19.4. The molecule has 1 aliphatic rings. The molecule has 0 radical (unpaired) electrons. The number of anilines is 2. The van der Waals surface area contributed by atoms with Crippen LogP contribution in [-0.2, 0) is 19.0 Å². The Hall–Kier alpha value is -3.55. The second-order valence-corrected chi connectivity index (χ2v) is 7.30. The van der Waals surface area contributed by atoms with Gasteiger partial charge >= 0.3 is 6.18 Å². The lowest BCUT2D eigenvalue weighted by atomic mass is 10.0. The Morgan fingerprint density at radius 2 is 1.94 bits per heavy atom. The number of hydrogen-bond donors (Lipinski definition) is 1. The van der Waals surface area contributed by atoms with Gasteiger partial charge in [-0.05, 0) is 65.9 Å². The number of benzene rings is 2. The average molecular weight is 427 g/mol. The molecule has 3 aromatic rings. The van der Waals surface area contributed by atoms with Crippen LogP contribution in [0, 0.1) is 0 Å². The third-order valence-electron chi connectivity index (χ3n) is 5.36. The van der Waals surface area contributed by atoms with Crippen molar-refractivity contribution in [1.29, 1.82) is 0 Å². The van der Waals surface area contributed by atoms with Gasteiger partial charge in [-0.2, -0.15) is 13.2 Å². The van der Waals surface area contributed by atoms with Crippen LogP contribution in [0.4, 0.5) is 24.7 Å². The maximum absolute atomic E-state index is 13.3. The molecule has 0 atom stereocenters. The monoisotopic (exact) mass is 427 g/mol. The highest BCUT2D eigenvalue weighted by Gasteiger charge is 2.34. The van der Waals surface area contributed by atoms with Crippen LogP contribution in [0.25, 0.3) is 0 Å². The molecule has 2 aromatic carbocycles. The molecule has 8 heteroatoms. The minimum atomic E-state index is -4.50. The van der Waals surface area contributed by atoms with Crippen LogP contribution in [-0.4, -0.2) is 24.5 Å². The zero-order valence-corrected chi connectivity index (χ0v) is 16.7. The van der Waals surface area contributed by atoms with Gasteiger partial charge in [-0.1, -0.05) is 12.1 Å². The lowest BCUT2D eigenvalue weighted by Gasteiger charge is -2.19. The number of methoxy groups -OCH3 is 1. The van der Waals surface area contributed by atoms with E-state index in [1.54, 1.807) is 30.5 Å². The van der Waals surface area contributed by atoms with Gasteiger partial charge in [0.25, 0.3) is 0 Å². The fourth-order valence-corrected chi connectivity index (χ4v) is 3.94. The minimum Gasteiger partial charge on any atom is -0.496 e. The molecule has 0 aliphatic carbocycles. The van der Waals surface area contributed by atoms with E-state index < -0.39 is 17.6 Å². The lowest BCUT2D eigenvalue weighted by Crippen LogP contribution is -2.15. The quantitative estimate of drug-likeness (QED) is 0.651. The molecule has 0 saturated heterocycles. The zero-order chi connectivity index (χ0) is 22.2. The van der Waals surface area contributed by atoms with Crippen LogP contribution in [0.1, 0.15) is 32.6 Å². The van der Waals surface area contributed by atoms with Gasteiger partial charge in [0, 0.05) is 24.0 Å². The van der Waals surface area contributed by atoms with E-state index in [-0.39, 0.29) is 5.75 Å². The molecule has 1 aromatic heterocycles. The molecule has 4 rings (SSSR count). The van der Waals surface area contributed by atoms with E-state index in [0.717, 1.165) is 22.9 Å². The molecule has 1 amide bonds. The van der Waals surface area contributed by atoms with Crippen molar-refractivity contribution in [3.8, 4) is 5.75 Å². The van der Waals surface area contributed by atoms with Gasteiger partial charge < -0.3 is 15.4 Å². The lowest BCUT2D eigenvalue weighted by molar-refractivity contribution is -0.138. The summed E-state index contributed by atoms with van der Waals surface area (Å²) in [6.07, 6.45) is -1.89. The Morgan fingerprint density at radius 1 is 1.16 bits per heavy atom. The van der Waals surface area contributed by atoms with Crippen LogP contribution >= 0.6 is 0 Å². The summed E-state index contributed by atoms with van der Waals surface area (Å²) in [5, 5.41) is 0. The van der Waals surface area contributed by atoms with Gasteiger partial charge in [0.05, 0.1) is 12.7 Å². The number of carbonyl (C=O) groups excluding carboxylic acids is 1. The number of amides is 1. The Labute approximate surface area is 177 Å². The highest BCUT2D eigenvalue weighted by Crippen LogP contribution is 2.38. The van der Waals surface area contributed by atoms with E-state index in [1.807, 2.05) is 17.0 Å². The molecule has 0 saturated carbocycles. The van der Waals surface area contributed by atoms with Gasteiger partial charge in [-0.25, -0.2) is 4.98 Å². The first kappa shape index (κ1) is 20.7. The third-order valence-corrected chi connectivity index (χ3v) is 5.36. The summed E-state index contributed by atoms with van der Waals surface area (Å²) >= 11 is 0. The van der Waals surface area contributed by atoms with E-state index in [2.05, 4.69) is 4.98 Å². The molecular formula is C23H20F3N3O2. The standard InChI is InChI=1S/C23H20F3N3O2/c1-31-20-6-5-14(12-18(20)23(24,25)26)11-15-7-9-28-21(13-15)29-10-8-16-17(22(27)30)3-2-4-19(16)29/h2-7,9,12-13H,8,10-11H2,1H3,(H2,27,30). The van der Waals surface area contributed by atoms with Gasteiger partial charge in [0.1, 0.15) is 11.6 Å². The largest absolute Gasteiger partial charge is 0.496 e. The van der Waals surface area contributed by atoms with Crippen LogP contribution in [0.3, 0.4) is 0 Å². The number of nitrogens with two attached hydrogens (primary N) is 1. The van der Waals surface area contributed by atoms with Crippen LogP contribution in [0.2, 0.25) is 0 Å². The Morgan fingerprint density at radius 3 is 2.65 bits per heavy atom. The van der Waals surface area contributed by atoms with Crippen molar-refractivity contribution < 1.29 is 22.7 Å². The highest BCUT2D eigenvalue weighted by molar-refractivity contribution is 5.96. The summed E-state index contributed by atoms with van der Waals surface area (Å²) in [6.45, 7) is 0.636. The number of primary amides is 1. The Balaban J connectivity index is 1.63. The number of halogens is 3. The molecule has 0 bridgehead atoms. The number of nitrogens with zero attached hydrogens (tertiary/aromatic N) is 2. The molecule has 0 spiro atoms. The van der Waals surface area contributed by atoms with Crippen molar-refractivity contribution in [3.05, 3.63) is 82.5 Å². The van der Waals surface area contributed by atoms with Crippen molar-refractivity contribution >= 4 is 17.4 Å². The van der Waals surface area contributed by atoms with Crippen LogP contribution in [0.15, 0.2) is 54.7 Å². The Kier molecular flexibility index (Phi) is 5.31. The first-order valence-electron chi connectivity index (χ1n) is 9.66. The molecule has 0 unspecified atom stereocenters. The summed E-state index contributed by atoms with van der Waals surface area (Å²) in [5.74, 6) is -0.00610. The topological polar surface area (TPSA) is 68.4 Å². The number of hydrogen-bond acceptors (Lipinski definition) is 4. The third kappa shape index (κ3) is 4.05. The fraction of sp³-hybridized carbons (Fsp3) is 0.217. The minimum absolute atomic E-state index is 0.203. The van der Waals surface area contributed by atoms with E-state index in [1.165, 1.54) is 13.2 Å². The SMILES string of the molecule is COc1ccc(Cc2ccnc(N3CCc4c(C(N)=O)cccc43)c2)cc1C(F)(F)F. The predicted octanol–water partition coefficient (Wildman–Crippen LogP) is 4.49. The number of ether oxygens (including phenoxy) is 1. The predicted molar refractivity (Wildman–Crippen MR) is 111 cm³/mol. The number of aromatic nitrogens is 1. The van der Waals surface area contributed by atoms with Gasteiger partial charge in [0.2, 0.25) is 5.91 Å². The Bertz CT molecular complexity index is 1150. The second-order valence-electron chi connectivity index (χ2n) is 7.30. The van der Waals surface area contributed by atoms with Gasteiger partial charge in [0.15, 0.2) is 0 Å². The zero-order valence-electron chi connectivity index (χ0n) is 16.7. The molecule has 5 nitrogen and oxygen atoms in total. The molecular weight excluding hydrogens is 407 g/mol. The summed E-state index contributed by atoms with van der Waals surface area (Å²) < 4.78 is 44.8. The van der Waals surface area contributed by atoms with E-state index in [4.69, 9.17) is 10.5 Å². The second kappa shape index (κ2) is 7.94. The summed E-state index contributed by atoms with van der Waals surface area (Å²) in [7, 11) is 1.22. The molecule has 2 heterocycles. The van der Waals surface area contributed by atoms with Crippen molar-refractivity contribution in [2.24, 2.45) is 5.73 Å². The fourth-order valence-electron chi connectivity index (χ4n) is 3.94. The molecule has 0 fully saturated rings. The smallest absolute Gasteiger partial charge is 0.419 e. The molecule has 2 N–H and O–H groups in total. The first-order chi connectivity index (χ1) is 14.8. The number of rotatable bonds is 5. The van der Waals surface area contributed by atoms with E-state index in [9.17, 15) is 18.0 Å². The first-order valence-corrected chi connectivity index (χ1v) is 9.66. The number of pyridine rings is 1. The van der Waals surface area contributed by atoms with E-state index >= 15 is 0 Å². The summed E-state index contributed by atoms with van der Waals surface area (Å²) in [6, 6.07) is 13.1. The van der Waals surface area contributed by atoms with Crippen molar-refractivity contribution in [2.75, 3.05) is 18.6 Å². The average Bonchev–Trinajstić information content (AvgIpc) is 3.17. The molecule has 160 valence electrons. The van der Waals surface area contributed by atoms with Crippen LogP contribution in [0.5, 0.6) is 5.75 Å². The summed E-state index contributed by atoms with van der Waals surface area (Å²) in [5.41, 5.74) is 8.27. The normalized spacial score (nSPS) is 13.2. The van der Waals surface area contributed by atoms with Gasteiger partial charge in [-0.15, -0.1) is 0 Å². The maximum Gasteiger partial charge on any atom is 0.419 e. The number of carbonyl (C=O) groups is 1. The van der Waals surface area contributed by atoms with Crippen molar-refractivity contribution in [3.63, 3.8) is 0 Å². The molecule has 1 aliphatic heterocycles. The van der Waals surface area contributed by atoms with E-state index in [0.29, 0.717) is 36.3 Å². The number of fused-ring (bicyclic) bond motifs is 1. The van der Waals surface area contributed by atoms with Crippen molar-refractivity contribution in [1.82, 2.24) is 4.98 Å². The van der Waals surface area contributed by atoms with Crippen molar-refractivity contribution in [2.45, 2.75) is 19.0 Å². The van der Waals surface area contributed by atoms with Gasteiger partial charge in [-0.3, -0.25) is 4.79 Å². The maximum atomic E-state index is 13.3. The molecule has 31 heavy (non-hydrogen) atoms.